The van der Waals surface area contributed by atoms with Gasteiger partial charge in [0.05, 0.1) is 19.8 Å². The molecule has 9 heteroatoms. The van der Waals surface area contributed by atoms with Gasteiger partial charge in [-0.3, -0.25) is 0 Å². The molecule has 31 heavy (non-hydrogen) atoms. The Morgan fingerprint density at radius 2 is 1.84 bits per heavy atom. The molecule has 1 N–H and O–H groups in total. The summed E-state index contributed by atoms with van der Waals surface area (Å²) in [6, 6.07) is 7.66. The van der Waals surface area contributed by atoms with Gasteiger partial charge in [0.1, 0.15) is 17.0 Å². The van der Waals surface area contributed by atoms with Crippen LogP contribution in [0, 0.1) is 6.92 Å². The minimum atomic E-state index is -4.48. The van der Waals surface area contributed by atoms with E-state index in [1.54, 1.807) is 20.3 Å². The minimum absolute atomic E-state index is 0.0822. The number of hydrogen-bond donors (Lipinski definition) is 1. The highest BCUT2D eigenvalue weighted by Crippen LogP contribution is 2.38. The van der Waals surface area contributed by atoms with Gasteiger partial charge in [-0.15, -0.1) is 0 Å². The molecule has 1 aliphatic rings. The second-order valence-corrected chi connectivity index (χ2v) is 7.24. The predicted octanol–water partition coefficient (Wildman–Crippen LogP) is 5.13. The zero-order valence-electron chi connectivity index (χ0n) is 17.1. The maximum Gasteiger partial charge on any atom is 0.416 e. The van der Waals surface area contributed by atoms with Gasteiger partial charge in [0, 0.05) is 35.9 Å². The van der Waals surface area contributed by atoms with Gasteiger partial charge >= 0.3 is 12.2 Å². The number of nitrogens with zero attached hydrogens (tertiary/aromatic N) is 2. The lowest BCUT2D eigenvalue weighted by molar-refractivity contribution is -0.137. The largest absolute Gasteiger partial charge is 0.497 e. The highest BCUT2D eigenvalue weighted by Gasteiger charge is 2.31. The molecule has 0 fully saturated rings. The second-order valence-electron chi connectivity index (χ2n) is 7.24. The number of fused-ring (bicyclic) bond motifs is 3. The molecule has 0 saturated carbocycles. The minimum Gasteiger partial charge on any atom is -0.497 e. The van der Waals surface area contributed by atoms with E-state index >= 15 is 0 Å². The molecule has 0 bridgehead atoms. The Bertz CT molecular complexity index is 1180. The molecule has 0 atom stereocenters. The highest BCUT2D eigenvalue weighted by atomic mass is 19.4. The Kier molecular flexibility index (Phi) is 5.12. The molecule has 1 aliphatic heterocycles. The van der Waals surface area contributed by atoms with Crippen LogP contribution in [0.3, 0.4) is 0 Å². The van der Waals surface area contributed by atoms with Crippen molar-refractivity contribution in [1.82, 2.24) is 9.88 Å². The number of pyridine rings is 1. The van der Waals surface area contributed by atoms with Crippen molar-refractivity contribution in [3.05, 3.63) is 58.8 Å². The van der Waals surface area contributed by atoms with Gasteiger partial charge in [-0.1, -0.05) is 6.07 Å². The number of carbonyl (C=O) groups is 1. The lowest BCUT2D eigenvalue weighted by Crippen LogP contribution is -2.30. The summed E-state index contributed by atoms with van der Waals surface area (Å²) in [6.45, 7) is 2.45. The van der Waals surface area contributed by atoms with E-state index in [1.165, 1.54) is 17.0 Å². The SMILES string of the molecule is COc1cc(OC)c2nc(C)c3c(c2c1)CN(C(=O)Nc1cccc(C(F)(F)F)c1)C3. The van der Waals surface area contributed by atoms with Crippen LogP contribution in [-0.2, 0) is 19.3 Å². The molecule has 6 nitrogen and oxygen atoms in total. The Morgan fingerprint density at radius 3 is 2.52 bits per heavy atom. The van der Waals surface area contributed by atoms with E-state index in [-0.39, 0.29) is 12.2 Å². The number of hydrogen-bond acceptors (Lipinski definition) is 4. The molecular formula is C22H20F3N3O3. The van der Waals surface area contributed by atoms with Gasteiger partial charge in [0.15, 0.2) is 0 Å². The molecule has 0 aliphatic carbocycles. The number of rotatable bonds is 3. The molecule has 2 aromatic carbocycles. The number of nitrogens with one attached hydrogen (secondary N) is 1. The van der Waals surface area contributed by atoms with Gasteiger partial charge in [-0.05, 0) is 42.3 Å². The Morgan fingerprint density at radius 1 is 1.10 bits per heavy atom. The molecular weight excluding hydrogens is 411 g/mol. The van der Waals surface area contributed by atoms with Crippen LogP contribution in [0.1, 0.15) is 22.4 Å². The molecule has 162 valence electrons. The monoisotopic (exact) mass is 431 g/mol. The number of ether oxygens (including phenoxy) is 2. The van der Waals surface area contributed by atoms with Crippen LogP contribution in [-0.4, -0.2) is 30.1 Å². The Balaban J connectivity index is 1.64. The van der Waals surface area contributed by atoms with Gasteiger partial charge in [0.2, 0.25) is 0 Å². The fourth-order valence-electron chi connectivity index (χ4n) is 3.76. The van der Waals surface area contributed by atoms with E-state index < -0.39 is 17.8 Å². The lowest BCUT2D eigenvalue weighted by atomic mass is 10.0. The van der Waals surface area contributed by atoms with E-state index in [9.17, 15) is 18.0 Å². The Hall–Kier alpha value is -3.49. The molecule has 2 heterocycles. The number of aromatic nitrogens is 1. The fourth-order valence-corrected chi connectivity index (χ4v) is 3.76. The average molecular weight is 431 g/mol. The first-order valence-corrected chi connectivity index (χ1v) is 9.48. The summed E-state index contributed by atoms with van der Waals surface area (Å²) < 4.78 is 49.7. The summed E-state index contributed by atoms with van der Waals surface area (Å²) in [5.74, 6) is 1.16. The number of carbonyl (C=O) groups excluding carboxylic acids is 1. The number of amides is 2. The van der Waals surface area contributed by atoms with Crippen molar-refractivity contribution >= 4 is 22.6 Å². The van der Waals surface area contributed by atoms with Gasteiger partial charge < -0.3 is 19.7 Å². The van der Waals surface area contributed by atoms with E-state index in [0.717, 1.165) is 34.3 Å². The van der Waals surface area contributed by atoms with E-state index in [4.69, 9.17) is 9.47 Å². The van der Waals surface area contributed by atoms with Crippen LogP contribution >= 0.6 is 0 Å². The molecule has 0 unspecified atom stereocenters. The van der Waals surface area contributed by atoms with Crippen molar-refractivity contribution in [3.8, 4) is 11.5 Å². The van der Waals surface area contributed by atoms with Crippen molar-refractivity contribution in [3.63, 3.8) is 0 Å². The van der Waals surface area contributed by atoms with Crippen LogP contribution in [0.25, 0.3) is 10.9 Å². The molecule has 0 spiro atoms. The van der Waals surface area contributed by atoms with E-state index in [2.05, 4.69) is 10.3 Å². The number of aryl methyl sites for hydroxylation is 1. The van der Waals surface area contributed by atoms with Crippen molar-refractivity contribution in [1.29, 1.82) is 0 Å². The highest BCUT2D eigenvalue weighted by molar-refractivity contribution is 5.93. The lowest BCUT2D eigenvalue weighted by Gasteiger charge is -2.17. The first kappa shape index (κ1) is 20.8. The quantitative estimate of drug-likeness (QED) is 0.625. The van der Waals surface area contributed by atoms with Gasteiger partial charge in [-0.2, -0.15) is 13.2 Å². The topological polar surface area (TPSA) is 63.7 Å². The average Bonchev–Trinajstić information content (AvgIpc) is 3.19. The summed E-state index contributed by atoms with van der Waals surface area (Å²) in [5.41, 5.74) is 2.51. The molecule has 0 saturated heterocycles. The number of urea groups is 1. The summed E-state index contributed by atoms with van der Waals surface area (Å²) in [6.07, 6.45) is -4.48. The zero-order chi connectivity index (χ0) is 22.3. The summed E-state index contributed by atoms with van der Waals surface area (Å²) in [7, 11) is 3.10. The van der Waals surface area contributed by atoms with Crippen LogP contribution < -0.4 is 14.8 Å². The number of alkyl halides is 3. The first-order chi connectivity index (χ1) is 14.7. The van der Waals surface area contributed by atoms with Crippen molar-refractivity contribution in [2.24, 2.45) is 0 Å². The maximum absolute atomic E-state index is 13.0. The number of halogens is 3. The number of benzene rings is 2. The summed E-state index contributed by atoms with van der Waals surface area (Å²) in [5, 5.41) is 3.37. The van der Waals surface area contributed by atoms with Gasteiger partial charge in [-0.25, -0.2) is 9.78 Å². The molecule has 2 amide bonds. The van der Waals surface area contributed by atoms with Crippen molar-refractivity contribution in [2.75, 3.05) is 19.5 Å². The van der Waals surface area contributed by atoms with Crippen molar-refractivity contribution < 1.29 is 27.4 Å². The third kappa shape index (κ3) is 3.83. The number of anilines is 1. The zero-order valence-corrected chi connectivity index (χ0v) is 17.1. The molecule has 0 radical (unpaired) electrons. The van der Waals surface area contributed by atoms with Crippen LogP contribution in [0.4, 0.5) is 23.7 Å². The molecule has 1 aromatic heterocycles. The summed E-state index contributed by atoms with van der Waals surface area (Å²) >= 11 is 0. The number of methoxy groups -OCH3 is 2. The third-order valence-electron chi connectivity index (χ3n) is 5.34. The third-order valence-corrected chi connectivity index (χ3v) is 5.34. The first-order valence-electron chi connectivity index (χ1n) is 9.48. The van der Waals surface area contributed by atoms with Gasteiger partial charge in [0.25, 0.3) is 0 Å². The Labute approximate surface area is 176 Å². The summed E-state index contributed by atoms with van der Waals surface area (Å²) in [4.78, 5) is 19.0. The maximum atomic E-state index is 13.0. The second kappa shape index (κ2) is 7.64. The van der Waals surface area contributed by atoms with Crippen molar-refractivity contribution in [2.45, 2.75) is 26.2 Å². The standard InChI is InChI=1S/C22H20F3N3O3/c1-12-17-10-28(21(29)27-14-6-4-5-13(7-14)22(23,24)25)11-18(17)16-8-15(30-2)9-19(31-3)20(16)26-12/h4-9H,10-11H2,1-3H3,(H,27,29). The molecule has 3 aromatic rings. The van der Waals surface area contributed by atoms with Crippen LogP contribution in [0.15, 0.2) is 36.4 Å². The fraction of sp³-hybridized carbons (Fsp3) is 0.273. The smallest absolute Gasteiger partial charge is 0.416 e. The predicted molar refractivity (Wildman–Crippen MR) is 109 cm³/mol. The van der Waals surface area contributed by atoms with E-state index in [1.807, 2.05) is 13.0 Å². The van der Waals surface area contributed by atoms with Crippen LogP contribution in [0.2, 0.25) is 0 Å². The normalized spacial score (nSPS) is 13.3. The van der Waals surface area contributed by atoms with Crippen LogP contribution in [0.5, 0.6) is 11.5 Å². The molecule has 4 rings (SSSR count). The van der Waals surface area contributed by atoms with E-state index in [0.29, 0.717) is 23.6 Å².